The van der Waals surface area contributed by atoms with Gasteiger partial charge in [-0.05, 0) is 174 Å². The number of ether oxygens (including phenoxy) is 8. The van der Waals surface area contributed by atoms with Crippen molar-refractivity contribution >= 4 is 80.4 Å². The number of isothiocyanates is 1. The Labute approximate surface area is 501 Å². The van der Waals surface area contributed by atoms with Crippen LogP contribution < -0.4 is 28.4 Å². The van der Waals surface area contributed by atoms with Crippen molar-refractivity contribution < 1.29 is 66.7 Å². The SMILES string of the molecule is C=CC(=O)OCCCCCCCCCOc1ccc(OC(=O)C2CCC(C(=O)Oc3ccc(OC(=O)C4CCC(C(=O)Oc5ccc(OCCCCCCCCCOC(=O)C=C)cc5)CC4)c4sc(-c5ccc(N=C=S)cc5)nc34)CC2)cc1. The molecule has 0 unspecified atom stereocenters. The number of fused-ring (bicyclic) bond motifs is 1. The molecule has 1 heterocycles. The van der Waals surface area contributed by atoms with Crippen LogP contribution in [0.5, 0.6) is 34.5 Å². The van der Waals surface area contributed by atoms with Crippen molar-refractivity contribution in [3.05, 3.63) is 110 Å². The molecule has 5 aromatic rings. The van der Waals surface area contributed by atoms with Crippen LogP contribution in [0, 0.1) is 23.7 Å². The van der Waals surface area contributed by atoms with Gasteiger partial charge >= 0.3 is 35.8 Å². The Morgan fingerprint density at radius 2 is 0.833 bits per heavy atom. The molecule has 1 aromatic heterocycles. The largest absolute Gasteiger partial charge is 0.494 e. The predicted molar refractivity (Wildman–Crippen MR) is 324 cm³/mol. The van der Waals surface area contributed by atoms with E-state index in [0.717, 1.165) is 95.5 Å². The molecular weight excluding hydrogens is 1110 g/mol. The van der Waals surface area contributed by atoms with E-state index in [4.69, 9.17) is 55.1 Å². The summed E-state index contributed by atoms with van der Waals surface area (Å²) in [7, 11) is 0. The zero-order chi connectivity index (χ0) is 59.3. The molecule has 0 bridgehead atoms. The normalized spacial score (nSPS) is 16.5. The lowest BCUT2D eigenvalue weighted by Gasteiger charge is -2.26. The number of carbonyl (C=O) groups excluding carboxylic acids is 6. The number of aliphatic imine (C=N–C) groups is 1. The van der Waals surface area contributed by atoms with E-state index in [1.165, 1.54) is 23.5 Å². The summed E-state index contributed by atoms with van der Waals surface area (Å²) in [6.07, 6.45) is 20.3. The van der Waals surface area contributed by atoms with E-state index in [-0.39, 0.29) is 47.2 Å². The maximum atomic E-state index is 13.8. The topological polar surface area (TPSA) is 202 Å². The number of aromatic nitrogens is 1. The molecular formula is C66H76N2O14S2. The maximum Gasteiger partial charge on any atom is 0.330 e. The summed E-state index contributed by atoms with van der Waals surface area (Å²) in [5, 5.41) is 2.97. The van der Waals surface area contributed by atoms with Crippen LogP contribution in [-0.4, -0.2) is 72.4 Å². The highest BCUT2D eigenvalue weighted by Crippen LogP contribution is 2.43. The molecule has 2 aliphatic carbocycles. The van der Waals surface area contributed by atoms with E-state index in [1.54, 1.807) is 72.8 Å². The van der Waals surface area contributed by atoms with Gasteiger partial charge in [0, 0.05) is 17.7 Å². The van der Waals surface area contributed by atoms with Crippen molar-refractivity contribution in [2.24, 2.45) is 28.7 Å². The van der Waals surface area contributed by atoms with E-state index in [0.29, 0.717) is 122 Å². The van der Waals surface area contributed by atoms with Crippen LogP contribution in [0.2, 0.25) is 0 Å². The molecule has 0 spiro atoms. The average Bonchev–Trinajstić information content (AvgIpc) is 3.77. The molecule has 0 radical (unpaired) electrons. The van der Waals surface area contributed by atoms with Crippen molar-refractivity contribution in [1.29, 1.82) is 0 Å². The molecule has 0 N–H and O–H groups in total. The van der Waals surface area contributed by atoms with E-state index < -0.39 is 23.8 Å². The number of thiocarbonyl (C=S) groups is 1. The molecule has 0 amide bonds. The first kappa shape index (κ1) is 64.0. The third-order valence-corrected chi connectivity index (χ3v) is 16.2. The molecule has 0 aliphatic heterocycles. The Morgan fingerprint density at radius 1 is 0.476 bits per heavy atom. The third-order valence-electron chi connectivity index (χ3n) is 15.0. The summed E-state index contributed by atoms with van der Waals surface area (Å²) >= 11 is 6.07. The molecule has 84 heavy (non-hydrogen) atoms. The Bertz CT molecular complexity index is 2840. The van der Waals surface area contributed by atoms with Crippen molar-refractivity contribution in [3.8, 4) is 45.1 Å². The van der Waals surface area contributed by atoms with Gasteiger partial charge in [0.2, 0.25) is 0 Å². The van der Waals surface area contributed by atoms with Gasteiger partial charge in [-0.15, -0.1) is 11.3 Å². The van der Waals surface area contributed by atoms with Gasteiger partial charge in [0.1, 0.15) is 38.2 Å². The number of esters is 6. The van der Waals surface area contributed by atoms with Gasteiger partial charge < -0.3 is 37.9 Å². The Hall–Kier alpha value is -7.53. The minimum Gasteiger partial charge on any atom is -0.494 e. The van der Waals surface area contributed by atoms with E-state index in [9.17, 15) is 28.8 Å². The highest BCUT2D eigenvalue weighted by atomic mass is 32.1. The van der Waals surface area contributed by atoms with Crippen molar-refractivity contribution in [3.63, 3.8) is 0 Å². The van der Waals surface area contributed by atoms with Crippen LogP contribution in [-0.2, 0) is 38.2 Å². The second kappa shape index (κ2) is 34.9. The lowest BCUT2D eigenvalue weighted by molar-refractivity contribution is -0.145. The maximum absolute atomic E-state index is 13.8. The Balaban J connectivity index is 0.836. The van der Waals surface area contributed by atoms with Crippen molar-refractivity contribution in [1.82, 2.24) is 4.98 Å². The highest BCUT2D eigenvalue weighted by Gasteiger charge is 2.35. The smallest absolute Gasteiger partial charge is 0.330 e. The van der Waals surface area contributed by atoms with Gasteiger partial charge in [-0.1, -0.05) is 77.4 Å². The van der Waals surface area contributed by atoms with Crippen molar-refractivity contribution in [2.75, 3.05) is 26.4 Å². The zero-order valence-electron chi connectivity index (χ0n) is 47.8. The lowest BCUT2D eigenvalue weighted by Crippen LogP contribution is -2.30. The Kier molecular flexibility index (Phi) is 26.6. The van der Waals surface area contributed by atoms with Gasteiger partial charge in [0.25, 0.3) is 0 Å². The van der Waals surface area contributed by atoms with Crippen LogP contribution in [0.25, 0.3) is 20.8 Å². The quantitative estimate of drug-likeness (QED) is 0.00939. The fourth-order valence-corrected chi connectivity index (χ4v) is 11.3. The van der Waals surface area contributed by atoms with Crippen LogP contribution in [0.15, 0.2) is 115 Å². The van der Waals surface area contributed by atoms with Crippen LogP contribution in [0.4, 0.5) is 5.69 Å². The van der Waals surface area contributed by atoms with E-state index in [2.05, 4.69) is 23.3 Å². The monoisotopic (exact) mass is 1180 g/mol. The summed E-state index contributed by atoms with van der Waals surface area (Å²) < 4.78 is 46.0. The average molecular weight is 1190 g/mol. The number of nitrogens with zero attached hydrogens (tertiary/aromatic N) is 2. The first-order valence-electron chi connectivity index (χ1n) is 29.5. The van der Waals surface area contributed by atoms with Crippen LogP contribution in [0.1, 0.15) is 141 Å². The number of unbranched alkanes of at least 4 members (excludes halogenated alkanes) is 12. The summed E-state index contributed by atoms with van der Waals surface area (Å²) in [6, 6.07) is 24.5. The number of benzene rings is 4. The second-order valence-electron chi connectivity index (χ2n) is 21.1. The second-order valence-corrected chi connectivity index (χ2v) is 22.3. The van der Waals surface area contributed by atoms with Crippen molar-refractivity contribution in [2.45, 2.75) is 141 Å². The van der Waals surface area contributed by atoms with Gasteiger partial charge in [-0.2, -0.15) is 4.99 Å². The number of thiazole rings is 1. The molecule has 2 fully saturated rings. The van der Waals surface area contributed by atoms with Gasteiger partial charge in [-0.3, -0.25) is 19.2 Å². The van der Waals surface area contributed by atoms with Gasteiger partial charge in [0.15, 0.2) is 11.5 Å². The third kappa shape index (κ3) is 21.0. The van der Waals surface area contributed by atoms with E-state index in [1.807, 2.05) is 12.1 Å². The number of rotatable bonds is 34. The first-order valence-corrected chi connectivity index (χ1v) is 30.7. The number of carbonyl (C=O) groups is 6. The molecule has 18 heteroatoms. The van der Waals surface area contributed by atoms with Gasteiger partial charge in [-0.25, -0.2) is 14.6 Å². The molecule has 4 aromatic carbocycles. The number of hydrogen-bond donors (Lipinski definition) is 0. The zero-order valence-corrected chi connectivity index (χ0v) is 49.4. The molecule has 0 saturated heterocycles. The fourth-order valence-electron chi connectivity index (χ4n) is 10.1. The molecule has 2 aliphatic rings. The molecule has 16 nitrogen and oxygen atoms in total. The molecule has 7 rings (SSSR count). The molecule has 0 atom stereocenters. The molecule has 2 saturated carbocycles. The number of hydrogen-bond acceptors (Lipinski definition) is 18. The lowest BCUT2D eigenvalue weighted by atomic mass is 9.82. The highest BCUT2D eigenvalue weighted by molar-refractivity contribution is 7.78. The van der Waals surface area contributed by atoms with Crippen LogP contribution in [0.3, 0.4) is 0 Å². The Morgan fingerprint density at radius 3 is 1.24 bits per heavy atom. The van der Waals surface area contributed by atoms with Crippen LogP contribution >= 0.6 is 23.6 Å². The summed E-state index contributed by atoms with van der Waals surface area (Å²) in [4.78, 5) is 85.4. The summed E-state index contributed by atoms with van der Waals surface area (Å²) in [5.41, 5.74) is 1.75. The summed E-state index contributed by atoms with van der Waals surface area (Å²) in [5.74, 6) is -1.21. The predicted octanol–water partition coefficient (Wildman–Crippen LogP) is 15.0. The molecule has 446 valence electrons. The van der Waals surface area contributed by atoms with E-state index >= 15 is 0 Å². The standard InChI is InChI=1S/C66H76N2O14S2/c1-3-58(69)77-43-17-13-9-5-7-11-15-41-75-52-31-35-54(36-32-52)79-63(71)47-19-23-49(24-20-47)65(73)81-56-39-40-57(61-60(56)68-62(84-61)46-27-29-51(30-28-46)67-45-83)82-66(74)50-25-21-48(22-26-50)64(72)80-55-37-33-53(34-38-55)76-42-16-12-8-6-10-14-18-44-78-59(70)4-2/h3-4,27-40,47-50H,1-2,5-26,41-44H2. The fraction of sp³-hybridized carbons (Fsp3) is 0.455. The minimum absolute atomic E-state index is 0.223. The van der Waals surface area contributed by atoms with Gasteiger partial charge in [0.05, 0.1) is 60.9 Å². The minimum atomic E-state index is -0.456. The summed E-state index contributed by atoms with van der Waals surface area (Å²) in [6.45, 7) is 8.84. The first-order chi connectivity index (χ1) is 41.0.